The van der Waals surface area contributed by atoms with Gasteiger partial charge in [-0.2, -0.15) is 0 Å². The molecule has 0 radical (unpaired) electrons. The first-order valence-electron chi connectivity index (χ1n) is 9.78. The van der Waals surface area contributed by atoms with Crippen molar-refractivity contribution in [2.24, 2.45) is 5.92 Å². The van der Waals surface area contributed by atoms with E-state index in [1.165, 1.54) is 12.1 Å². The zero-order valence-corrected chi connectivity index (χ0v) is 21.3. The summed E-state index contributed by atoms with van der Waals surface area (Å²) in [5, 5.41) is 3.93. The third kappa shape index (κ3) is 5.30. The molecule has 1 fully saturated rings. The summed E-state index contributed by atoms with van der Waals surface area (Å²) in [4.78, 5) is 25.9. The lowest BCUT2D eigenvalue weighted by molar-refractivity contribution is -0.117. The number of Topliss-reactive ketones (excluding diaryl/α,β-unsaturated/α-hetero) is 1. The Hall–Kier alpha value is -1.46. The second-order valence-corrected chi connectivity index (χ2v) is 10.9. The minimum absolute atomic E-state index is 0.155. The first kappa shape index (κ1) is 24.7. The molecule has 4 rings (SSSR count). The molecular formula is C24H15Cl6NO2. The van der Waals surface area contributed by atoms with Gasteiger partial charge in [-0.15, -0.1) is 23.2 Å². The number of amides is 1. The standard InChI is InChI=1S/C24H15Cl6NO2/c25-14-7-13(8-15(26)9-14)21-22(24(21,29)30)23(33)31-19-10-16(17(27)11-18(19)28)20(32)6-12-4-2-1-3-5-12/h1-5,7-11,21-22H,6H2,(H,31,33). The van der Waals surface area contributed by atoms with Crippen LogP contribution in [0.5, 0.6) is 0 Å². The van der Waals surface area contributed by atoms with Gasteiger partial charge in [0.25, 0.3) is 0 Å². The van der Waals surface area contributed by atoms with E-state index in [9.17, 15) is 9.59 Å². The van der Waals surface area contributed by atoms with Gasteiger partial charge in [-0.3, -0.25) is 9.59 Å². The zero-order valence-electron chi connectivity index (χ0n) is 16.7. The number of ketones is 1. The molecule has 1 aliphatic rings. The van der Waals surface area contributed by atoms with Crippen LogP contribution in [0.15, 0.2) is 60.7 Å². The molecule has 0 saturated heterocycles. The predicted molar refractivity (Wildman–Crippen MR) is 137 cm³/mol. The van der Waals surface area contributed by atoms with E-state index >= 15 is 0 Å². The van der Waals surface area contributed by atoms with Crippen molar-refractivity contribution >= 4 is 87.0 Å². The summed E-state index contributed by atoms with van der Waals surface area (Å²) in [6.07, 6.45) is 0.155. The van der Waals surface area contributed by atoms with Crippen molar-refractivity contribution in [1.82, 2.24) is 0 Å². The van der Waals surface area contributed by atoms with Gasteiger partial charge in [-0.05, 0) is 41.5 Å². The van der Waals surface area contributed by atoms with Crippen LogP contribution in [0.2, 0.25) is 20.1 Å². The van der Waals surface area contributed by atoms with E-state index in [-0.39, 0.29) is 33.5 Å². The number of hydrogen-bond acceptors (Lipinski definition) is 2. The summed E-state index contributed by atoms with van der Waals surface area (Å²) < 4.78 is -1.34. The lowest BCUT2D eigenvalue weighted by atomic mass is 10.0. The van der Waals surface area contributed by atoms with Gasteiger partial charge in [-0.1, -0.05) is 76.7 Å². The summed E-state index contributed by atoms with van der Waals surface area (Å²) in [5.41, 5.74) is 1.98. The molecule has 3 nitrogen and oxygen atoms in total. The summed E-state index contributed by atoms with van der Waals surface area (Å²) in [6.45, 7) is 0. The monoisotopic (exact) mass is 559 g/mol. The number of rotatable bonds is 6. The predicted octanol–water partition coefficient (Wildman–Crippen LogP) is 8.25. The molecule has 0 bridgehead atoms. The largest absolute Gasteiger partial charge is 0.324 e. The summed E-state index contributed by atoms with van der Waals surface area (Å²) in [7, 11) is 0. The highest BCUT2D eigenvalue weighted by Crippen LogP contribution is 2.65. The molecule has 1 saturated carbocycles. The van der Waals surface area contributed by atoms with Crippen LogP contribution in [-0.4, -0.2) is 16.0 Å². The number of carbonyl (C=O) groups excluding carboxylic acids is 2. The van der Waals surface area contributed by atoms with Crippen LogP contribution in [0.4, 0.5) is 5.69 Å². The number of alkyl halides is 2. The van der Waals surface area contributed by atoms with Gasteiger partial charge in [0, 0.05) is 27.9 Å². The Morgan fingerprint density at radius 2 is 1.48 bits per heavy atom. The number of anilines is 1. The van der Waals surface area contributed by atoms with E-state index in [1.807, 2.05) is 30.3 Å². The fourth-order valence-electron chi connectivity index (χ4n) is 3.77. The quantitative estimate of drug-likeness (QED) is 0.243. The Bertz CT molecular complexity index is 1220. The van der Waals surface area contributed by atoms with Gasteiger partial charge in [0.2, 0.25) is 5.91 Å². The number of halogens is 6. The molecule has 0 heterocycles. The van der Waals surface area contributed by atoms with Crippen molar-refractivity contribution in [1.29, 1.82) is 0 Å². The zero-order chi connectivity index (χ0) is 23.9. The number of carbonyl (C=O) groups is 2. The minimum Gasteiger partial charge on any atom is -0.324 e. The van der Waals surface area contributed by atoms with Gasteiger partial charge in [-0.25, -0.2) is 0 Å². The fourth-order valence-corrected chi connectivity index (χ4v) is 5.67. The summed E-state index contributed by atoms with van der Waals surface area (Å²) in [5.74, 6) is -1.94. The van der Waals surface area contributed by atoms with E-state index < -0.39 is 22.1 Å². The molecule has 1 N–H and O–H groups in total. The fraction of sp³-hybridized carbons (Fsp3) is 0.167. The first-order chi connectivity index (χ1) is 15.6. The maximum atomic E-state index is 13.0. The summed E-state index contributed by atoms with van der Waals surface area (Å²) >= 11 is 37.6. The van der Waals surface area contributed by atoms with Crippen LogP contribution in [0.25, 0.3) is 0 Å². The molecule has 0 aromatic heterocycles. The van der Waals surface area contributed by atoms with Crippen LogP contribution in [0.1, 0.15) is 27.4 Å². The van der Waals surface area contributed by atoms with Gasteiger partial charge < -0.3 is 5.32 Å². The van der Waals surface area contributed by atoms with Crippen molar-refractivity contribution in [3.8, 4) is 0 Å². The third-order valence-electron chi connectivity index (χ3n) is 5.40. The third-order valence-corrected chi connectivity index (χ3v) is 7.40. The van der Waals surface area contributed by atoms with Crippen LogP contribution in [-0.2, 0) is 11.2 Å². The SMILES string of the molecule is O=C(Cc1ccccc1)c1cc(NC(=O)C2C(c3cc(Cl)cc(Cl)c3)C2(Cl)Cl)c(Cl)cc1Cl. The molecule has 3 aromatic carbocycles. The topological polar surface area (TPSA) is 46.2 Å². The van der Waals surface area contributed by atoms with E-state index in [4.69, 9.17) is 69.6 Å². The smallest absolute Gasteiger partial charge is 0.231 e. The average Bonchev–Trinajstić information content (AvgIpc) is 3.32. The highest BCUT2D eigenvalue weighted by atomic mass is 35.5. The molecule has 1 aliphatic carbocycles. The molecule has 2 unspecified atom stereocenters. The number of hydrogen-bond donors (Lipinski definition) is 1. The van der Waals surface area contributed by atoms with Gasteiger partial charge >= 0.3 is 0 Å². The molecule has 9 heteroatoms. The molecule has 170 valence electrons. The molecule has 33 heavy (non-hydrogen) atoms. The Morgan fingerprint density at radius 3 is 2.12 bits per heavy atom. The average molecular weight is 562 g/mol. The molecule has 0 aliphatic heterocycles. The molecule has 1 amide bonds. The number of nitrogens with one attached hydrogen (secondary N) is 1. The van der Waals surface area contributed by atoms with Crippen molar-refractivity contribution in [3.63, 3.8) is 0 Å². The molecule has 2 atom stereocenters. The molecule has 3 aromatic rings. The van der Waals surface area contributed by atoms with E-state index in [0.29, 0.717) is 15.6 Å². The highest BCUT2D eigenvalue weighted by molar-refractivity contribution is 6.53. The second kappa shape index (κ2) is 9.65. The Balaban J connectivity index is 1.55. The van der Waals surface area contributed by atoms with Gasteiger partial charge in [0.05, 0.1) is 21.7 Å². The van der Waals surface area contributed by atoms with Crippen LogP contribution < -0.4 is 5.32 Å². The van der Waals surface area contributed by atoms with Gasteiger partial charge in [0.1, 0.15) is 4.33 Å². The molecule has 0 spiro atoms. The van der Waals surface area contributed by atoms with Crippen molar-refractivity contribution in [3.05, 3.63) is 97.4 Å². The Labute approximate surface area is 220 Å². The maximum Gasteiger partial charge on any atom is 0.231 e. The lowest BCUT2D eigenvalue weighted by Gasteiger charge is -2.11. The van der Waals surface area contributed by atoms with E-state index in [2.05, 4.69) is 5.32 Å². The minimum atomic E-state index is -1.34. The van der Waals surface area contributed by atoms with Crippen molar-refractivity contribution in [2.75, 3.05) is 5.32 Å². The molecular weight excluding hydrogens is 547 g/mol. The maximum absolute atomic E-state index is 13.0. The first-order valence-corrected chi connectivity index (χ1v) is 12.1. The Morgan fingerprint density at radius 1 is 0.848 bits per heavy atom. The van der Waals surface area contributed by atoms with Crippen LogP contribution in [0, 0.1) is 5.92 Å². The summed E-state index contributed by atoms with van der Waals surface area (Å²) in [6, 6.07) is 17.1. The lowest BCUT2D eigenvalue weighted by Crippen LogP contribution is -2.18. The Kier molecular flexibility index (Phi) is 7.21. The highest BCUT2D eigenvalue weighted by Gasteiger charge is 2.67. The normalized spacial score (nSPS) is 18.6. The van der Waals surface area contributed by atoms with Crippen molar-refractivity contribution in [2.45, 2.75) is 16.7 Å². The van der Waals surface area contributed by atoms with Crippen LogP contribution in [0.3, 0.4) is 0 Å². The van der Waals surface area contributed by atoms with E-state index in [0.717, 1.165) is 5.56 Å². The second-order valence-electron chi connectivity index (χ2n) is 7.72. The van der Waals surface area contributed by atoms with E-state index in [1.54, 1.807) is 18.2 Å². The van der Waals surface area contributed by atoms with Crippen molar-refractivity contribution < 1.29 is 9.59 Å². The van der Waals surface area contributed by atoms with Gasteiger partial charge in [0.15, 0.2) is 5.78 Å². The van der Waals surface area contributed by atoms with Crippen LogP contribution >= 0.6 is 69.6 Å². The number of benzene rings is 3.